The summed E-state index contributed by atoms with van der Waals surface area (Å²) in [5, 5.41) is 9.45. The van der Waals surface area contributed by atoms with E-state index in [0.29, 0.717) is 19.3 Å². The Morgan fingerprint density at radius 2 is 1.41 bits per heavy atom. The number of nitrogens with one attached hydrogen (secondary N) is 2. The van der Waals surface area contributed by atoms with Gasteiger partial charge in [-0.05, 0) is 98.2 Å². The van der Waals surface area contributed by atoms with Gasteiger partial charge in [0.1, 0.15) is 6.29 Å². The molecule has 0 radical (unpaired) electrons. The zero-order valence-corrected chi connectivity index (χ0v) is 23.9. The summed E-state index contributed by atoms with van der Waals surface area (Å²) in [4.78, 5) is 39.9. The maximum atomic E-state index is 11.5. The van der Waals surface area contributed by atoms with E-state index in [1.165, 1.54) is 0 Å². The van der Waals surface area contributed by atoms with Crippen LogP contribution in [0.25, 0.3) is 50.4 Å². The largest absolute Gasteiger partial charge is 0.481 e. The van der Waals surface area contributed by atoms with Crippen molar-refractivity contribution in [1.82, 2.24) is 19.9 Å². The summed E-state index contributed by atoms with van der Waals surface area (Å²) in [7, 11) is 0. The highest BCUT2D eigenvalue weighted by Crippen LogP contribution is 2.36. The molecule has 5 heterocycles. The SMILES string of the molecule is C=CC1=C(C)c2cc3[nH]c(cc4nc(cc5[nH]c(cc1n2)c(C)c5C=C)C(C)=C4CCC(=O)O)c(CCC=O)c3C. The van der Waals surface area contributed by atoms with Gasteiger partial charge in [-0.2, -0.15) is 0 Å². The molecule has 41 heavy (non-hydrogen) atoms. The van der Waals surface area contributed by atoms with Crippen LogP contribution in [-0.2, 0) is 16.0 Å². The maximum Gasteiger partial charge on any atom is 0.303 e. The Morgan fingerprint density at radius 3 is 2.10 bits per heavy atom. The fraction of sp³-hybridized carbons (Fsp3) is 0.235. The van der Waals surface area contributed by atoms with Gasteiger partial charge >= 0.3 is 5.97 Å². The minimum absolute atomic E-state index is 0.00189. The summed E-state index contributed by atoms with van der Waals surface area (Å²) < 4.78 is 0. The summed E-state index contributed by atoms with van der Waals surface area (Å²) >= 11 is 0. The molecule has 3 aromatic rings. The number of carboxylic acids is 1. The Hall–Kier alpha value is -4.78. The maximum absolute atomic E-state index is 11.5. The lowest BCUT2D eigenvalue weighted by Crippen LogP contribution is -1.95. The van der Waals surface area contributed by atoms with Gasteiger partial charge in [0, 0.05) is 46.0 Å². The fourth-order valence-corrected chi connectivity index (χ4v) is 5.74. The minimum Gasteiger partial charge on any atom is -0.481 e. The third-order valence-electron chi connectivity index (χ3n) is 8.14. The molecule has 0 aliphatic carbocycles. The second-order valence-corrected chi connectivity index (χ2v) is 10.5. The number of allylic oxidation sites excluding steroid dienone is 5. The van der Waals surface area contributed by atoms with Gasteiger partial charge in [-0.25, -0.2) is 9.97 Å². The molecule has 0 fully saturated rings. The number of hydrogen-bond acceptors (Lipinski definition) is 4. The van der Waals surface area contributed by atoms with Crippen LogP contribution in [0.2, 0.25) is 0 Å². The average Bonchev–Trinajstić information content (AvgIpc) is 3.59. The number of aldehydes is 1. The summed E-state index contributed by atoms with van der Waals surface area (Å²) in [5.74, 6) is -0.857. The van der Waals surface area contributed by atoms with Crippen molar-refractivity contribution in [2.24, 2.45) is 0 Å². The number of hydrogen-bond donors (Lipinski definition) is 3. The van der Waals surface area contributed by atoms with Crippen molar-refractivity contribution in [1.29, 1.82) is 0 Å². The van der Waals surface area contributed by atoms with E-state index < -0.39 is 5.97 Å². The lowest BCUT2D eigenvalue weighted by atomic mass is 10.0. The lowest BCUT2D eigenvalue weighted by Gasteiger charge is -2.03. The van der Waals surface area contributed by atoms with Crippen LogP contribution >= 0.6 is 0 Å². The first-order valence-corrected chi connectivity index (χ1v) is 13.7. The number of carbonyl (C=O) groups excluding carboxylic acids is 1. The molecule has 7 nitrogen and oxygen atoms in total. The van der Waals surface area contributed by atoms with E-state index in [0.717, 1.165) is 95.7 Å². The molecular formula is C34H34N4O3. The summed E-state index contributed by atoms with van der Waals surface area (Å²) in [6.07, 6.45) is 5.93. The smallest absolute Gasteiger partial charge is 0.303 e. The van der Waals surface area contributed by atoms with Crippen LogP contribution in [0.5, 0.6) is 0 Å². The molecule has 2 aliphatic heterocycles. The Morgan fingerprint density at radius 1 is 0.805 bits per heavy atom. The predicted molar refractivity (Wildman–Crippen MR) is 167 cm³/mol. The normalized spacial score (nSPS) is 13.1. The van der Waals surface area contributed by atoms with Gasteiger partial charge < -0.3 is 19.9 Å². The van der Waals surface area contributed by atoms with Gasteiger partial charge in [0.15, 0.2) is 0 Å². The summed E-state index contributed by atoms with van der Waals surface area (Å²) in [6, 6.07) is 8.06. The molecule has 0 aromatic carbocycles. The number of rotatable bonds is 8. The number of carbonyl (C=O) groups is 2. The number of aryl methyl sites for hydroxylation is 3. The van der Waals surface area contributed by atoms with Crippen LogP contribution < -0.4 is 0 Å². The van der Waals surface area contributed by atoms with Crippen molar-refractivity contribution in [3.8, 4) is 0 Å². The van der Waals surface area contributed by atoms with Gasteiger partial charge in [-0.1, -0.05) is 25.3 Å². The molecule has 0 atom stereocenters. The van der Waals surface area contributed by atoms with Crippen LogP contribution in [0.4, 0.5) is 0 Å². The Bertz CT molecular complexity index is 1860. The number of aliphatic carboxylic acids is 1. The molecular weight excluding hydrogens is 512 g/mol. The highest BCUT2D eigenvalue weighted by molar-refractivity contribution is 5.98. The fourth-order valence-electron chi connectivity index (χ4n) is 5.74. The Balaban J connectivity index is 1.95. The van der Waals surface area contributed by atoms with E-state index in [4.69, 9.17) is 9.97 Å². The monoisotopic (exact) mass is 546 g/mol. The van der Waals surface area contributed by atoms with Crippen LogP contribution in [0, 0.1) is 13.8 Å². The molecule has 2 aliphatic rings. The van der Waals surface area contributed by atoms with E-state index in [2.05, 4.69) is 30.0 Å². The van der Waals surface area contributed by atoms with Gasteiger partial charge in [0.05, 0.1) is 22.8 Å². The van der Waals surface area contributed by atoms with Crippen LogP contribution in [0.1, 0.15) is 78.1 Å². The molecule has 7 heteroatoms. The quantitative estimate of drug-likeness (QED) is 0.252. The van der Waals surface area contributed by atoms with E-state index in [1.807, 2.05) is 57.2 Å². The van der Waals surface area contributed by atoms with E-state index in [9.17, 15) is 14.7 Å². The number of carboxylic acid groups (broad SMARTS) is 1. The van der Waals surface area contributed by atoms with Crippen molar-refractivity contribution in [3.63, 3.8) is 0 Å². The molecule has 8 bridgehead atoms. The first-order chi connectivity index (χ1) is 19.7. The topological polar surface area (TPSA) is 112 Å². The van der Waals surface area contributed by atoms with Gasteiger partial charge in [-0.3, -0.25) is 4.79 Å². The average molecular weight is 547 g/mol. The minimum atomic E-state index is -0.857. The molecule has 0 saturated heterocycles. The van der Waals surface area contributed by atoms with Crippen LogP contribution in [0.15, 0.2) is 43.5 Å². The third kappa shape index (κ3) is 4.99. The van der Waals surface area contributed by atoms with Gasteiger partial charge in [-0.15, -0.1) is 0 Å². The predicted octanol–water partition coefficient (Wildman–Crippen LogP) is 7.62. The number of H-pyrrole nitrogens is 2. The second-order valence-electron chi connectivity index (χ2n) is 10.5. The molecule has 0 unspecified atom stereocenters. The first-order valence-electron chi connectivity index (χ1n) is 13.7. The number of aromatic nitrogens is 4. The van der Waals surface area contributed by atoms with Gasteiger partial charge in [0.2, 0.25) is 0 Å². The van der Waals surface area contributed by atoms with Crippen molar-refractivity contribution in [2.45, 2.75) is 53.4 Å². The Labute approximate surface area is 239 Å². The van der Waals surface area contributed by atoms with Gasteiger partial charge in [0.25, 0.3) is 0 Å². The van der Waals surface area contributed by atoms with Crippen molar-refractivity contribution >= 4 is 62.7 Å². The number of fused-ring (bicyclic) bond motifs is 8. The summed E-state index contributed by atoms with van der Waals surface area (Å²) in [6.45, 7) is 16.2. The molecule has 0 amide bonds. The Kier molecular flexibility index (Phi) is 7.45. The summed E-state index contributed by atoms with van der Waals surface area (Å²) in [5.41, 5.74) is 14.6. The van der Waals surface area contributed by atoms with Crippen molar-refractivity contribution in [2.75, 3.05) is 0 Å². The zero-order valence-electron chi connectivity index (χ0n) is 23.9. The van der Waals surface area contributed by atoms with E-state index in [-0.39, 0.29) is 6.42 Å². The van der Waals surface area contributed by atoms with E-state index >= 15 is 0 Å². The molecule has 3 aromatic heterocycles. The number of nitrogens with zero attached hydrogens (tertiary/aromatic N) is 2. The molecule has 208 valence electrons. The van der Waals surface area contributed by atoms with Crippen LogP contribution in [-0.4, -0.2) is 37.3 Å². The van der Waals surface area contributed by atoms with Crippen molar-refractivity contribution < 1.29 is 14.7 Å². The molecule has 5 rings (SSSR count). The van der Waals surface area contributed by atoms with Crippen LogP contribution in [0.3, 0.4) is 0 Å². The standard InChI is InChI=1S/C34H34N4O3/c1-7-22-18(3)26-14-27-20(5)24(10-9-13-39)32(37-27)17-33-25(11-12-34(40)41)21(6)29(38-33)16-31-23(8-2)19(4)28(36-31)15-30(22)35-26/h7-8,13-17,36-37H,1-2,9-12H2,3-6H3,(H,40,41). The second kappa shape index (κ2) is 11.0. The lowest BCUT2D eigenvalue weighted by molar-refractivity contribution is -0.136. The number of aromatic amines is 2. The first kappa shape index (κ1) is 27.8. The third-order valence-corrected chi connectivity index (χ3v) is 8.14. The highest BCUT2D eigenvalue weighted by atomic mass is 16.4. The van der Waals surface area contributed by atoms with Crippen molar-refractivity contribution in [3.05, 3.63) is 88.5 Å². The highest BCUT2D eigenvalue weighted by Gasteiger charge is 2.20. The molecule has 0 spiro atoms. The molecule has 0 saturated carbocycles. The molecule has 3 N–H and O–H groups in total. The zero-order chi connectivity index (χ0) is 29.4. The van der Waals surface area contributed by atoms with E-state index in [1.54, 1.807) is 0 Å².